The number of anilines is 5. The van der Waals surface area contributed by atoms with Gasteiger partial charge in [0.05, 0.1) is 19.0 Å². The van der Waals surface area contributed by atoms with Crippen LogP contribution in [0.2, 0.25) is 0 Å². The first-order valence-electron chi connectivity index (χ1n) is 8.44. The highest BCUT2D eigenvalue weighted by molar-refractivity contribution is 5.87. The molecular formula is C18H21N7O2. The van der Waals surface area contributed by atoms with Crippen molar-refractivity contribution < 1.29 is 9.53 Å². The second-order valence-corrected chi connectivity index (χ2v) is 5.78. The first-order chi connectivity index (χ1) is 13.0. The van der Waals surface area contributed by atoms with E-state index >= 15 is 0 Å². The van der Waals surface area contributed by atoms with Crippen LogP contribution in [0.5, 0.6) is 0 Å². The van der Waals surface area contributed by atoms with Gasteiger partial charge >= 0.3 is 6.09 Å². The van der Waals surface area contributed by atoms with Crippen molar-refractivity contribution in [1.82, 2.24) is 20.2 Å². The summed E-state index contributed by atoms with van der Waals surface area (Å²) in [6, 6.07) is 9.24. The van der Waals surface area contributed by atoms with E-state index in [4.69, 9.17) is 4.74 Å². The van der Waals surface area contributed by atoms with Crippen molar-refractivity contribution in [2.24, 2.45) is 0 Å². The Labute approximate surface area is 156 Å². The van der Waals surface area contributed by atoms with Gasteiger partial charge in [-0.25, -0.2) is 9.78 Å². The third-order valence-electron chi connectivity index (χ3n) is 3.64. The van der Waals surface area contributed by atoms with E-state index < -0.39 is 6.09 Å². The molecule has 9 nitrogen and oxygen atoms in total. The number of aromatic amines is 1. The summed E-state index contributed by atoms with van der Waals surface area (Å²) in [4.78, 5) is 22.0. The maximum atomic E-state index is 11.9. The lowest BCUT2D eigenvalue weighted by Crippen LogP contribution is -2.26. The number of benzene rings is 1. The average Bonchev–Trinajstić information content (AvgIpc) is 3.06. The molecule has 9 heteroatoms. The number of aryl methyl sites for hydroxylation is 1. The minimum Gasteiger partial charge on any atom is -0.449 e. The third-order valence-corrected chi connectivity index (χ3v) is 3.64. The summed E-state index contributed by atoms with van der Waals surface area (Å²) in [5.74, 6) is 1.78. The smallest absolute Gasteiger partial charge is 0.413 e. The second-order valence-electron chi connectivity index (χ2n) is 5.78. The van der Waals surface area contributed by atoms with Crippen LogP contribution in [0.4, 0.5) is 33.6 Å². The molecule has 0 saturated heterocycles. The Morgan fingerprint density at radius 3 is 2.67 bits per heavy atom. The van der Waals surface area contributed by atoms with Crippen LogP contribution in [0, 0.1) is 6.92 Å². The number of H-pyrrole nitrogens is 1. The lowest BCUT2D eigenvalue weighted by atomic mass is 10.2. The molecule has 0 aliphatic heterocycles. The molecule has 2 heterocycles. The summed E-state index contributed by atoms with van der Waals surface area (Å²) in [5, 5.41) is 13.2. The highest BCUT2D eigenvalue weighted by Crippen LogP contribution is 2.22. The zero-order chi connectivity index (χ0) is 19.2. The van der Waals surface area contributed by atoms with Crippen LogP contribution < -0.4 is 15.5 Å². The molecule has 140 valence electrons. The van der Waals surface area contributed by atoms with E-state index in [-0.39, 0.29) is 0 Å². The highest BCUT2D eigenvalue weighted by atomic mass is 16.6. The Morgan fingerprint density at radius 2 is 1.96 bits per heavy atom. The van der Waals surface area contributed by atoms with Gasteiger partial charge in [0, 0.05) is 30.2 Å². The van der Waals surface area contributed by atoms with Crippen LogP contribution in [-0.4, -0.2) is 39.9 Å². The molecule has 3 rings (SSSR count). The van der Waals surface area contributed by atoms with E-state index in [1.807, 2.05) is 37.3 Å². The summed E-state index contributed by atoms with van der Waals surface area (Å²) >= 11 is 0. The number of hydrogen-bond acceptors (Lipinski definition) is 7. The van der Waals surface area contributed by atoms with E-state index in [9.17, 15) is 4.79 Å². The van der Waals surface area contributed by atoms with Crippen molar-refractivity contribution in [2.75, 3.05) is 29.2 Å². The number of nitrogens with one attached hydrogen (secondary N) is 3. The molecular weight excluding hydrogens is 346 g/mol. The molecule has 0 aliphatic carbocycles. The largest absolute Gasteiger partial charge is 0.449 e. The molecule has 0 saturated carbocycles. The van der Waals surface area contributed by atoms with E-state index in [0.29, 0.717) is 29.7 Å². The monoisotopic (exact) mass is 367 g/mol. The maximum Gasteiger partial charge on any atom is 0.413 e. The normalized spacial score (nSPS) is 10.3. The molecule has 0 fully saturated rings. The molecule has 1 amide bonds. The average molecular weight is 367 g/mol. The molecule has 3 N–H and O–H groups in total. The van der Waals surface area contributed by atoms with E-state index in [1.165, 1.54) is 4.90 Å². The number of rotatable bonds is 6. The van der Waals surface area contributed by atoms with Gasteiger partial charge in [-0.1, -0.05) is 6.07 Å². The van der Waals surface area contributed by atoms with Gasteiger partial charge in [0.2, 0.25) is 0 Å². The standard InChI is InChI=1S/C18H21N7O2/c1-4-27-18(26)25(3)14-7-5-6-13(9-14)20-16-10-19-11-17(22-16)21-15-8-12(2)23-24-15/h5-11H,4H2,1-3H3,(H3,20,21,22,23,24). The van der Waals surface area contributed by atoms with Gasteiger partial charge < -0.3 is 15.4 Å². The Hall–Kier alpha value is -3.62. The topological polar surface area (TPSA) is 108 Å². The van der Waals surface area contributed by atoms with Crippen LogP contribution in [0.25, 0.3) is 0 Å². The van der Waals surface area contributed by atoms with Crippen molar-refractivity contribution in [2.45, 2.75) is 13.8 Å². The van der Waals surface area contributed by atoms with Crippen molar-refractivity contribution >= 4 is 34.9 Å². The van der Waals surface area contributed by atoms with E-state index in [1.54, 1.807) is 26.4 Å². The predicted octanol–water partition coefficient (Wildman–Crippen LogP) is 3.59. The van der Waals surface area contributed by atoms with Crippen molar-refractivity contribution in [1.29, 1.82) is 0 Å². The number of aromatic nitrogens is 4. The molecule has 0 atom stereocenters. The quantitative estimate of drug-likeness (QED) is 0.611. The fourth-order valence-electron chi connectivity index (χ4n) is 2.37. The van der Waals surface area contributed by atoms with Crippen molar-refractivity contribution in [3.8, 4) is 0 Å². The Bertz CT molecular complexity index is 925. The fourth-order valence-corrected chi connectivity index (χ4v) is 2.37. The number of hydrogen-bond donors (Lipinski definition) is 3. The molecule has 27 heavy (non-hydrogen) atoms. The van der Waals surface area contributed by atoms with E-state index in [0.717, 1.165) is 11.4 Å². The second kappa shape index (κ2) is 8.17. The minimum absolute atomic E-state index is 0.325. The first-order valence-corrected chi connectivity index (χ1v) is 8.44. The molecule has 0 radical (unpaired) electrons. The summed E-state index contributed by atoms with van der Waals surface area (Å²) in [7, 11) is 1.66. The number of carbonyl (C=O) groups excluding carboxylic acids is 1. The lowest BCUT2D eigenvalue weighted by molar-refractivity contribution is 0.161. The van der Waals surface area contributed by atoms with Gasteiger partial charge in [-0.15, -0.1) is 0 Å². The van der Waals surface area contributed by atoms with E-state index in [2.05, 4.69) is 30.8 Å². The summed E-state index contributed by atoms with van der Waals surface area (Å²) in [5.41, 5.74) is 2.42. The summed E-state index contributed by atoms with van der Waals surface area (Å²) in [6.45, 7) is 4.02. The van der Waals surface area contributed by atoms with Gasteiger partial charge in [-0.3, -0.25) is 15.0 Å². The fraction of sp³-hybridized carbons (Fsp3) is 0.222. The summed E-state index contributed by atoms with van der Waals surface area (Å²) < 4.78 is 5.02. The Kier molecular flexibility index (Phi) is 5.50. The van der Waals surface area contributed by atoms with Gasteiger partial charge in [0.1, 0.15) is 0 Å². The van der Waals surface area contributed by atoms with Crippen LogP contribution >= 0.6 is 0 Å². The molecule has 0 unspecified atom stereocenters. The van der Waals surface area contributed by atoms with Crippen LogP contribution in [0.15, 0.2) is 42.7 Å². The molecule has 0 spiro atoms. The number of carbonyl (C=O) groups is 1. The summed E-state index contributed by atoms with van der Waals surface area (Å²) in [6.07, 6.45) is 2.82. The Morgan fingerprint density at radius 1 is 1.19 bits per heavy atom. The van der Waals surface area contributed by atoms with Crippen molar-refractivity contribution in [3.63, 3.8) is 0 Å². The predicted molar refractivity (Wildman–Crippen MR) is 104 cm³/mol. The zero-order valence-corrected chi connectivity index (χ0v) is 15.4. The van der Waals surface area contributed by atoms with Crippen LogP contribution in [-0.2, 0) is 4.74 Å². The maximum absolute atomic E-state index is 11.9. The van der Waals surface area contributed by atoms with Gasteiger partial charge in [0.15, 0.2) is 17.5 Å². The highest BCUT2D eigenvalue weighted by Gasteiger charge is 2.12. The van der Waals surface area contributed by atoms with Crippen LogP contribution in [0.1, 0.15) is 12.6 Å². The molecule has 1 aromatic carbocycles. The molecule has 0 bridgehead atoms. The number of amides is 1. The molecule has 0 aliphatic rings. The molecule has 2 aromatic heterocycles. The van der Waals surface area contributed by atoms with Crippen molar-refractivity contribution in [3.05, 3.63) is 48.4 Å². The lowest BCUT2D eigenvalue weighted by Gasteiger charge is -2.17. The SMILES string of the molecule is CCOC(=O)N(C)c1cccc(Nc2cncc(Nc3cc(C)[nH]n3)n2)c1. The zero-order valence-electron chi connectivity index (χ0n) is 15.4. The number of nitrogens with zero attached hydrogens (tertiary/aromatic N) is 4. The minimum atomic E-state index is -0.407. The van der Waals surface area contributed by atoms with Gasteiger partial charge in [-0.05, 0) is 32.0 Å². The Balaban J connectivity index is 1.72. The number of ether oxygens (including phenoxy) is 1. The van der Waals surface area contributed by atoms with Crippen LogP contribution in [0.3, 0.4) is 0 Å². The first kappa shape index (κ1) is 18.2. The molecule has 3 aromatic rings. The van der Waals surface area contributed by atoms with Gasteiger partial charge in [-0.2, -0.15) is 5.10 Å². The third kappa shape index (κ3) is 4.72. The van der Waals surface area contributed by atoms with Gasteiger partial charge in [0.25, 0.3) is 0 Å².